The van der Waals surface area contributed by atoms with Gasteiger partial charge in [0.15, 0.2) is 6.23 Å². The Morgan fingerprint density at radius 2 is 1.98 bits per heavy atom. The maximum atomic E-state index is 6.01. The third-order valence-electron chi connectivity index (χ3n) is 9.15. The number of ether oxygens (including phenoxy) is 1. The second kappa shape index (κ2) is 9.78. The molecule has 0 radical (unpaired) electrons. The van der Waals surface area contributed by atoms with Crippen LogP contribution in [0.15, 0.2) is 53.5 Å². The summed E-state index contributed by atoms with van der Waals surface area (Å²) in [6, 6.07) is 8.55. The van der Waals surface area contributed by atoms with Crippen molar-refractivity contribution in [3.05, 3.63) is 64.8 Å². The number of hydrogen-bond acceptors (Lipinski definition) is 6. The van der Waals surface area contributed by atoms with Gasteiger partial charge in [-0.2, -0.15) is 5.10 Å². The summed E-state index contributed by atoms with van der Waals surface area (Å²) in [5, 5.41) is 14.7. The van der Waals surface area contributed by atoms with Crippen LogP contribution < -0.4 is 0 Å². The van der Waals surface area contributed by atoms with Crippen molar-refractivity contribution in [2.75, 3.05) is 19.7 Å². The largest absolute Gasteiger partial charge is 0.356 e. The SMILES string of the molecule is Brc1cc(-c2cn(Cc3cn4cc(CN5CCC6(CCC6)C5)ccc4n3)nn2)c2cnn(C3CCCCO3)c2c1. The number of likely N-dealkylation sites (tertiary alicyclic amines) is 1. The molecule has 1 aromatic carbocycles. The number of aromatic nitrogens is 7. The predicted molar refractivity (Wildman–Crippen MR) is 156 cm³/mol. The molecular formula is C30H33BrN8O. The van der Waals surface area contributed by atoms with Crippen molar-refractivity contribution in [2.45, 2.75) is 64.3 Å². The van der Waals surface area contributed by atoms with E-state index in [0.717, 1.165) is 70.4 Å². The minimum atomic E-state index is -0.0191. The van der Waals surface area contributed by atoms with E-state index in [1.165, 1.54) is 44.3 Å². The normalized spacial score (nSPS) is 21.1. The molecule has 6 heterocycles. The molecule has 0 bridgehead atoms. The highest BCUT2D eigenvalue weighted by molar-refractivity contribution is 9.10. The van der Waals surface area contributed by atoms with Crippen LogP contribution in [0.3, 0.4) is 0 Å². The lowest BCUT2D eigenvalue weighted by atomic mass is 9.68. The Morgan fingerprint density at radius 3 is 2.80 bits per heavy atom. The highest BCUT2D eigenvalue weighted by atomic mass is 79.9. The summed E-state index contributed by atoms with van der Waals surface area (Å²) in [6.07, 6.45) is 17.1. The number of benzene rings is 1. The second-order valence-electron chi connectivity index (χ2n) is 11.9. The van der Waals surface area contributed by atoms with Crippen molar-refractivity contribution in [3.8, 4) is 11.3 Å². The Morgan fingerprint density at radius 1 is 1.02 bits per heavy atom. The number of fused-ring (bicyclic) bond motifs is 2. The maximum Gasteiger partial charge on any atom is 0.150 e. The number of rotatable bonds is 6. The van der Waals surface area contributed by atoms with Gasteiger partial charge in [-0.05, 0) is 74.2 Å². The van der Waals surface area contributed by atoms with Crippen LogP contribution in [0, 0.1) is 5.41 Å². The lowest BCUT2D eigenvalue weighted by Crippen LogP contribution is -2.32. The lowest BCUT2D eigenvalue weighted by Gasteiger charge is -2.38. The minimum absolute atomic E-state index is 0.0191. The molecule has 40 heavy (non-hydrogen) atoms. The first kappa shape index (κ1) is 24.7. The Labute approximate surface area is 241 Å². The zero-order valence-electron chi connectivity index (χ0n) is 22.5. The van der Waals surface area contributed by atoms with Crippen LogP contribution in [0.2, 0.25) is 0 Å². The molecule has 8 rings (SSSR count). The van der Waals surface area contributed by atoms with E-state index in [4.69, 9.17) is 14.8 Å². The van der Waals surface area contributed by atoms with Gasteiger partial charge < -0.3 is 9.14 Å². The molecule has 1 saturated carbocycles. The molecule has 9 nitrogen and oxygen atoms in total. The average molecular weight is 602 g/mol. The summed E-state index contributed by atoms with van der Waals surface area (Å²) in [5.74, 6) is 0. The summed E-state index contributed by atoms with van der Waals surface area (Å²) in [5.41, 5.74) is 6.76. The van der Waals surface area contributed by atoms with Crippen molar-refractivity contribution in [3.63, 3.8) is 0 Å². The van der Waals surface area contributed by atoms with Crippen molar-refractivity contribution < 1.29 is 4.74 Å². The zero-order valence-corrected chi connectivity index (χ0v) is 24.1. The Balaban J connectivity index is 1.01. The number of nitrogens with zero attached hydrogens (tertiary/aromatic N) is 8. The maximum absolute atomic E-state index is 6.01. The zero-order chi connectivity index (χ0) is 26.7. The highest BCUT2D eigenvalue weighted by Gasteiger charge is 2.42. The third-order valence-corrected chi connectivity index (χ3v) is 9.61. The standard InChI is InChI=1S/C30H33BrN8O/c31-22-12-24(25-14-32-39(27(25)13-22)29-4-1-2-11-40-29)26-19-38(35-34-26)18-23-17-37-16-21(5-6-28(37)33-23)15-36-10-9-30(20-36)7-3-8-30/h5-6,12-14,16-17,19,29H,1-4,7-11,15,18,20H2. The van der Waals surface area contributed by atoms with E-state index in [1.807, 2.05) is 21.8 Å². The van der Waals surface area contributed by atoms with E-state index in [-0.39, 0.29) is 6.23 Å². The Hall–Kier alpha value is -3.08. The molecule has 2 saturated heterocycles. The van der Waals surface area contributed by atoms with Crippen molar-refractivity contribution >= 4 is 32.5 Å². The van der Waals surface area contributed by atoms with E-state index in [2.05, 4.69) is 72.2 Å². The van der Waals surface area contributed by atoms with Gasteiger partial charge in [0.2, 0.25) is 0 Å². The van der Waals surface area contributed by atoms with Gasteiger partial charge in [-0.15, -0.1) is 5.10 Å². The smallest absolute Gasteiger partial charge is 0.150 e. The van der Waals surface area contributed by atoms with Gasteiger partial charge in [-0.3, -0.25) is 4.90 Å². The number of halogens is 1. The minimum Gasteiger partial charge on any atom is -0.356 e. The molecule has 2 aliphatic heterocycles. The third kappa shape index (κ3) is 4.46. The molecule has 10 heteroatoms. The fourth-order valence-corrected chi connectivity index (χ4v) is 7.35. The lowest BCUT2D eigenvalue weighted by molar-refractivity contribution is -0.0366. The van der Waals surface area contributed by atoms with Gasteiger partial charge in [0.1, 0.15) is 11.3 Å². The molecule has 5 aromatic rings. The van der Waals surface area contributed by atoms with Gasteiger partial charge in [0.25, 0.3) is 0 Å². The first-order chi connectivity index (χ1) is 19.6. The summed E-state index contributed by atoms with van der Waals surface area (Å²) in [7, 11) is 0. The van der Waals surface area contributed by atoms with Gasteiger partial charge >= 0.3 is 0 Å². The highest BCUT2D eigenvalue weighted by Crippen LogP contribution is 2.48. The van der Waals surface area contributed by atoms with E-state index in [9.17, 15) is 0 Å². The molecular weight excluding hydrogens is 568 g/mol. The van der Waals surface area contributed by atoms with Gasteiger partial charge in [0, 0.05) is 47.5 Å². The molecule has 3 fully saturated rings. The second-order valence-corrected chi connectivity index (χ2v) is 12.9. The summed E-state index contributed by atoms with van der Waals surface area (Å²) in [4.78, 5) is 7.48. The van der Waals surface area contributed by atoms with E-state index >= 15 is 0 Å². The van der Waals surface area contributed by atoms with Crippen LogP contribution >= 0.6 is 15.9 Å². The predicted octanol–water partition coefficient (Wildman–Crippen LogP) is 5.83. The summed E-state index contributed by atoms with van der Waals surface area (Å²) in [6.45, 7) is 4.84. The fraction of sp³-hybridized carbons (Fsp3) is 0.467. The van der Waals surface area contributed by atoms with Crippen LogP contribution in [-0.2, 0) is 17.8 Å². The van der Waals surface area contributed by atoms with Crippen molar-refractivity contribution in [1.82, 2.24) is 39.1 Å². The molecule has 3 aliphatic rings. The monoisotopic (exact) mass is 600 g/mol. The first-order valence-corrected chi connectivity index (χ1v) is 15.3. The summed E-state index contributed by atoms with van der Waals surface area (Å²) < 4.78 is 13.0. The van der Waals surface area contributed by atoms with Crippen LogP contribution in [0.25, 0.3) is 27.8 Å². The van der Waals surface area contributed by atoms with Crippen LogP contribution in [0.4, 0.5) is 0 Å². The van der Waals surface area contributed by atoms with E-state index in [1.54, 1.807) is 0 Å². The fourth-order valence-electron chi connectivity index (χ4n) is 6.90. The summed E-state index contributed by atoms with van der Waals surface area (Å²) >= 11 is 3.70. The Bertz CT molecular complexity index is 1690. The van der Waals surface area contributed by atoms with Crippen molar-refractivity contribution in [2.24, 2.45) is 5.41 Å². The quantitative estimate of drug-likeness (QED) is 0.244. The van der Waals surface area contributed by atoms with Gasteiger partial charge in [-0.25, -0.2) is 14.3 Å². The molecule has 1 unspecified atom stereocenters. The van der Waals surface area contributed by atoms with Crippen LogP contribution in [-0.4, -0.2) is 58.8 Å². The van der Waals surface area contributed by atoms with Crippen molar-refractivity contribution in [1.29, 1.82) is 0 Å². The first-order valence-electron chi connectivity index (χ1n) is 14.5. The number of imidazole rings is 1. The van der Waals surface area contributed by atoms with Crippen LogP contribution in [0.1, 0.15) is 62.4 Å². The molecule has 1 spiro atoms. The molecule has 206 valence electrons. The van der Waals surface area contributed by atoms with Gasteiger partial charge in [0.05, 0.1) is 30.1 Å². The Kier molecular flexibility index (Phi) is 6.04. The van der Waals surface area contributed by atoms with E-state index in [0.29, 0.717) is 12.0 Å². The molecule has 1 aliphatic carbocycles. The van der Waals surface area contributed by atoms with E-state index < -0.39 is 0 Å². The topological polar surface area (TPSA) is 78.3 Å². The number of pyridine rings is 1. The van der Waals surface area contributed by atoms with Gasteiger partial charge in [-0.1, -0.05) is 33.6 Å². The molecule has 0 N–H and O–H groups in total. The molecule has 1 atom stereocenters. The average Bonchev–Trinajstić information content (AvgIpc) is 3.74. The number of hydrogen-bond donors (Lipinski definition) is 0. The molecule has 4 aromatic heterocycles. The molecule has 0 amide bonds. The van der Waals surface area contributed by atoms with Crippen LogP contribution in [0.5, 0.6) is 0 Å².